The lowest BCUT2D eigenvalue weighted by molar-refractivity contribution is 0.111. The summed E-state index contributed by atoms with van der Waals surface area (Å²) >= 11 is 0. The summed E-state index contributed by atoms with van der Waals surface area (Å²) < 4.78 is 0. The molecule has 1 aromatic rings. The highest BCUT2D eigenvalue weighted by atomic mass is 16.2. The average molecular weight is 333 g/mol. The molecule has 5 heteroatoms. The molecule has 0 saturated heterocycles. The van der Waals surface area contributed by atoms with E-state index < -0.39 is 0 Å². The summed E-state index contributed by atoms with van der Waals surface area (Å²) in [5, 5.41) is 7.00. The first kappa shape index (κ1) is 22.1. The lowest BCUT2D eigenvalue weighted by Gasteiger charge is -2.05. The predicted molar refractivity (Wildman–Crippen MR) is 101 cm³/mol. The van der Waals surface area contributed by atoms with Crippen LogP contribution in [0.4, 0.5) is 0 Å². The number of hydrogen-bond acceptors (Lipinski definition) is 5. The molecule has 134 valence electrons. The lowest BCUT2D eigenvalue weighted by atomic mass is 10.1. The van der Waals surface area contributed by atoms with Crippen molar-refractivity contribution in [3.63, 3.8) is 0 Å². The first-order valence-electron chi connectivity index (χ1n) is 8.65. The highest BCUT2D eigenvalue weighted by Crippen LogP contribution is 2.23. The van der Waals surface area contributed by atoms with Gasteiger partial charge in [-0.1, -0.05) is 27.7 Å². The summed E-state index contributed by atoms with van der Waals surface area (Å²) in [5.41, 5.74) is 3.49. The molecule has 0 amide bonds. The second-order valence-electron chi connectivity index (χ2n) is 5.32. The van der Waals surface area contributed by atoms with Crippen molar-refractivity contribution in [2.24, 2.45) is 10.9 Å². The quantitative estimate of drug-likeness (QED) is 0.655. The van der Waals surface area contributed by atoms with E-state index >= 15 is 0 Å². The second-order valence-corrected chi connectivity index (χ2v) is 5.32. The molecule has 1 aromatic heterocycles. The molecular formula is C19H31N3O2. The number of fused-ring (bicyclic) bond motifs is 1. The number of nitrogens with zero attached hydrogens (tertiary/aromatic N) is 3. The predicted octanol–water partition coefficient (Wildman–Crippen LogP) is 3.89. The van der Waals surface area contributed by atoms with Gasteiger partial charge >= 0.3 is 0 Å². The monoisotopic (exact) mass is 333 g/mol. The van der Waals surface area contributed by atoms with Gasteiger partial charge in [0.15, 0.2) is 12.1 Å². The first-order valence-corrected chi connectivity index (χ1v) is 8.65. The number of aromatic nitrogens is 2. The van der Waals surface area contributed by atoms with Crippen molar-refractivity contribution in [1.29, 1.82) is 0 Å². The maximum Gasteiger partial charge on any atom is 0.168 e. The van der Waals surface area contributed by atoms with Gasteiger partial charge in [0.25, 0.3) is 0 Å². The van der Waals surface area contributed by atoms with Crippen LogP contribution in [0.25, 0.3) is 5.57 Å². The van der Waals surface area contributed by atoms with E-state index in [0.29, 0.717) is 17.4 Å². The Morgan fingerprint density at radius 2 is 1.96 bits per heavy atom. The third-order valence-electron chi connectivity index (χ3n) is 3.68. The van der Waals surface area contributed by atoms with Gasteiger partial charge in [0, 0.05) is 36.4 Å². The zero-order valence-electron chi connectivity index (χ0n) is 15.8. The average Bonchev–Trinajstić information content (AvgIpc) is 3.12. The third-order valence-corrected chi connectivity index (χ3v) is 3.68. The summed E-state index contributed by atoms with van der Waals surface area (Å²) in [4.78, 5) is 24.4. The van der Waals surface area contributed by atoms with Crippen molar-refractivity contribution in [3.05, 3.63) is 29.0 Å². The normalized spacial score (nSPS) is 14.2. The molecule has 0 bridgehead atoms. The molecule has 5 nitrogen and oxygen atoms in total. The second kappa shape index (κ2) is 12.5. The standard InChI is InChI=1S/C16H21N3O.C2H6.CH4O/c1-4-11(2)8-17-9-12(3)16-18-14-7-5-6-13(14)15(10-20)19-16;2*1-2/h8-11H,4-7H2,1-3H3;1-2H3;2H,1H3/b12-9+,17-8?;;. The molecule has 1 aliphatic rings. The fourth-order valence-electron chi connectivity index (χ4n) is 2.20. The van der Waals surface area contributed by atoms with Crippen LogP contribution >= 0.6 is 0 Å². The molecule has 1 unspecified atom stereocenters. The zero-order valence-corrected chi connectivity index (χ0v) is 15.8. The van der Waals surface area contributed by atoms with Gasteiger partial charge in [0.1, 0.15) is 5.69 Å². The van der Waals surface area contributed by atoms with Crippen LogP contribution in [0.5, 0.6) is 0 Å². The van der Waals surface area contributed by atoms with Crippen molar-refractivity contribution in [2.45, 2.75) is 60.3 Å². The molecule has 0 radical (unpaired) electrons. The van der Waals surface area contributed by atoms with Crippen LogP contribution in [0.2, 0.25) is 0 Å². The van der Waals surface area contributed by atoms with Gasteiger partial charge in [-0.3, -0.25) is 9.79 Å². The SMILES string of the molecule is CC.CCC(C)C=N/C=C(\C)c1nc(C=O)c2c(n1)CCC2.CO. The van der Waals surface area contributed by atoms with Crippen molar-refractivity contribution in [2.75, 3.05) is 7.11 Å². The molecule has 24 heavy (non-hydrogen) atoms. The van der Waals surface area contributed by atoms with Crippen LogP contribution in [0.1, 0.15) is 75.0 Å². The van der Waals surface area contributed by atoms with E-state index in [4.69, 9.17) is 5.11 Å². The number of aryl methyl sites for hydroxylation is 1. The lowest BCUT2D eigenvalue weighted by Crippen LogP contribution is -2.04. The molecule has 0 fully saturated rings. The summed E-state index contributed by atoms with van der Waals surface area (Å²) in [6, 6.07) is 0. The molecule has 1 aliphatic carbocycles. The fourth-order valence-corrected chi connectivity index (χ4v) is 2.20. The smallest absolute Gasteiger partial charge is 0.168 e. The number of aliphatic hydroxyl groups excluding tert-OH is 1. The molecule has 1 N–H and O–H groups in total. The molecule has 0 saturated carbocycles. The fraction of sp³-hybridized carbons (Fsp3) is 0.579. The van der Waals surface area contributed by atoms with E-state index in [2.05, 4.69) is 28.8 Å². The molecule has 0 aliphatic heterocycles. The van der Waals surface area contributed by atoms with Gasteiger partial charge < -0.3 is 5.11 Å². The van der Waals surface area contributed by atoms with Crippen LogP contribution in [0.15, 0.2) is 11.2 Å². The van der Waals surface area contributed by atoms with Gasteiger partial charge in [-0.15, -0.1) is 0 Å². The van der Waals surface area contributed by atoms with Crippen molar-refractivity contribution in [1.82, 2.24) is 9.97 Å². The van der Waals surface area contributed by atoms with Crippen LogP contribution in [-0.2, 0) is 12.8 Å². The van der Waals surface area contributed by atoms with Gasteiger partial charge in [-0.05, 0) is 38.5 Å². The maximum atomic E-state index is 11.1. The summed E-state index contributed by atoms with van der Waals surface area (Å²) in [6.45, 7) is 10.2. The molecule has 2 rings (SSSR count). The minimum absolute atomic E-state index is 0.463. The van der Waals surface area contributed by atoms with Crippen LogP contribution in [-0.4, -0.2) is 34.7 Å². The Bertz CT molecular complexity index is 566. The van der Waals surface area contributed by atoms with Gasteiger partial charge in [-0.25, -0.2) is 9.97 Å². The molecule has 1 atom stereocenters. The van der Waals surface area contributed by atoms with Crippen molar-refractivity contribution >= 4 is 18.1 Å². The molecule has 1 heterocycles. The van der Waals surface area contributed by atoms with Crippen molar-refractivity contribution in [3.8, 4) is 0 Å². The van der Waals surface area contributed by atoms with Crippen LogP contribution in [0, 0.1) is 5.92 Å². The Hall–Kier alpha value is -1.88. The van der Waals surface area contributed by atoms with E-state index in [1.807, 2.05) is 27.0 Å². The number of hydrogen-bond donors (Lipinski definition) is 1. The minimum atomic E-state index is 0.463. The number of allylic oxidation sites excluding steroid dienone is 1. The van der Waals surface area contributed by atoms with Crippen LogP contribution < -0.4 is 0 Å². The first-order chi connectivity index (χ1) is 11.7. The zero-order chi connectivity index (χ0) is 18.5. The van der Waals surface area contributed by atoms with E-state index in [9.17, 15) is 4.79 Å². The molecular weight excluding hydrogens is 302 g/mol. The number of aliphatic hydroxyl groups is 1. The van der Waals surface area contributed by atoms with E-state index in [1.165, 1.54) is 0 Å². The van der Waals surface area contributed by atoms with Crippen LogP contribution in [0.3, 0.4) is 0 Å². The number of carbonyl (C=O) groups is 1. The summed E-state index contributed by atoms with van der Waals surface area (Å²) in [7, 11) is 1.00. The Kier molecular flexibility index (Phi) is 11.5. The number of carbonyl (C=O) groups excluding carboxylic acids is 1. The largest absolute Gasteiger partial charge is 0.400 e. The maximum absolute atomic E-state index is 11.1. The third kappa shape index (κ3) is 6.32. The Labute approximate surface area is 146 Å². The number of rotatable bonds is 5. The number of aliphatic imine (C=N–C) groups is 1. The molecule has 0 spiro atoms. The summed E-state index contributed by atoms with van der Waals surface area (Å²) in [6.07, 6.45) is 8.53. The Balaban J connectivity index is 0.00000123. The van der Waals surface area contributed by atoms with Gasteiger partial charge in [0.05, 0.1) is 0 Å². The van der Waals surface area contributed by atoms with E-state index in [1.54, 1.807) is 6.20 Å². The van der Waals surface area contributed by atoms with Gasteiger partial charge in [0.2, 0.25) is 0 Å². The molecule has 0 aromatic carbocycles. The highest BCUT2D eigenvalue weighted by Gasteiger charge is 2.19. The van der Waals surface area contributed by atoms with E-state index in [0.717, 1.165) is 55.9 Å². The summed E-state index contributed by atoms with van der Waals surface area (Å²) in [5.74, 6) is 1.08. The highest BCUT2D eigenvalue weighted by molar-refractivity contribution is 5.76. The minimum Gasteiger partial charge on any atom is -0.400 e. The van der Waals surface area contributed by atoms with E-state index in [-0.39, 0.29) is 0 Å². The Morgan fingerprint density at radius 1 is 1.29 bits per heavy atom. The number of aldehydes is 1. The van der Waals surface area contributed by atoms with Crippen molar-refractivity contribution < 1.29 is 9.90 Å². The van der Waals surface area contributed by atoms with Gasteiger partial charge in [-0.2, -0.15) is 0 Å². The topological polar surface area (TPSA) is 75.4 Å². The Morgan fingerprint density at radius 3 is 2.54 bits per heavy atom.